The molecule has 0 spiro atoms. The van der Waals surface area contributed by atoms with Gasteiger partial charge in [0.05, 0.1) is 0 Å². The standard InChI is InChI=1S/C3H2Br2O2/c4-3(5)1-7-2(3)6/h1H2. The van der Waals surface area contributed by atoms with E-state index in [4.69, 9.17) is 0 Å². The molecule has 1 fully saturated rings. The number of alkyl halides is 2. The Kier molecular flexibility index (Phi) is 1.15. The second kappa shape index (κ2) is 1.45. The third-order valence-corrected chi connectivity index (χ3v) is 1.79. The molecule has 0 bridgehead atoms. The van der Waals surface area contributed by atoms with Gasteiger partial charge in [0.25, 0.3) is 0 Å². The largest absolute Gasteiger partial charge is 0.461 e. The smallest absolute Gasteiger partial charge is 0.337 e. The van der Waals surface area contributed by atoms with E-state index in [-0.39, 0.29) is 5.97 Å². The number of rotatable bonds is 0. The summed E-state index contributed by atoms with van der Waals surface area (Å²) in [4.78, 5) is 10.2. The van der Waals surface area contributed by atoms with Crippen molar-refractivity contribution in [2.24, 2.45) is 0 Å². The van der Waals surface area contributed by atoms with Crippen LogP contribution in [0, 0.1) is 0 Å². The first-order valence-electron chi connectivity index (χ1n) is 1.68. The lowest BCUT2D eigenvalue weighted by Gasteiger charge is -2.27. The van der Waals surface area contributed by atoms with Crippen molar-refractivity contribution in [2.45, 2.75) is 3.23 Å². The van der Waals surface area contributed by atoms with Crippen molar-refractivity contribution in [3.05, 3.63) is 0 Å². The topological polar surface area (TPSA) is 26.3 Å². The maximum Gasteiger partial charge on any atom is 0.337 e. The van der Waals surface area contributed by atoms with Gasteiger partial charge in [-0.05, 0) is 0 Å². The van der Waals surface area contributed by atoms with Crippen LogP contribution in [0.25, 0.3) is 0 Å². The Hall–Kier alpha value is 0.430. The molecular weight excluding hydrogens is 228 g/mol. The molecule has 7 heavy (non-hydrogen) atoms. The highest BCUT2D eigenvalue weighted by atomic mass is 79.9. The molecule has 2 nitrogen and oxygen atoms in total. The van der Waals surface area contributed by atoms with Gasteiger partial charge in [-0.2, -0.15) is 0 Å². The Morgan fingerprint density at radius 1 is 1.71 bits per heavy atom. The molecule has 0 amide bonds. The van der Waals surface area contributed by atoms with Crippen molar-refractivity contribution in [3.63, 3.8) is 0 Å². The Labute approximate surface area is 57.5 Å². The van der Waals surface area contributed by atoms with E-state index in [0.29, 0.717) is 6.61 Å². The van der Waals surface area contributed by atoms with Crippen LogP contribution in [0.3, 0.4) is 0 Å². The maximum atomic E-state index is 10.2. The molecule has 0 saturated carbocycles. The molecule has 1 saturated heterocycles. The van der Waals surface area contributed by atoms with Crippen molar-refractivity contribution in [3.8, 4) is 0 Å². The zero-order valence-corrected chi connectivity index (χ0v) is 6.45. The quantitative estimate of drug-likeness (QED) is 0.458. The van der Waals surface area contributed by atoms with E-state index in [1.54, 1.807) is 0 Å². The summed E-state index contributed by atoms with van der Waals surface area (Å²) in [5, 5.41) is 0. The highest BCUT2D eigenvalue weighted by molar-refractivity contribution is 9.26. The Morgan fingerprint density at radius 3 is 2.14 bits per heavy atom. The zero-order chi connectivity index (χ0) is 5.49. The molecule has 0 atom stereocenters. The van der Waals surface area contributed by atoms with Crippen LogP contribution in [-0.4, -0.2) is 15.8 Å². The van der Waals surface area contributed by atoms with Crippen molar-refractivity contribution in [1.29, 1.82) is 0 Å². The van der Waals surface area contributed by atoms with Crippen LogP contribution in [0.2, 0.25) is 0 Å². The third kappa shape index (κ3) is 0.817. The minimum Gasteiger partial charge on any atom is -0.461 e. The summed E-state index contributed by atoms with van der Waals surface area (Å²) in [5.74, 6) is -0.243. The number of halogens is 2. The summed E-state index contributed by atoms with van der Waals surface area (Å²) in [5.41, 5.74) is 0. The van der Waals surface area contributed by atoms with Gasteiger partial charge in [-0.3, -0.25) is 0 Å². The van der Waals surface area contributed by atoms with Gasteiger partial charge in [-0.15, -0.1) is 0 Å². The molecule has 1 heterocycles. The molecule has 0 radical (unpaired) electrons. The van der Waals surface area contributed by atoms with Crippen LogP contribution in [0.15, 0.2) is 0 Å². The fourth-order valence-corrected chi connectivity index (χ4v) is 0.698. The SMILES string of the molecule is O=C1OCC1(Br)Br. The Bertz CT molecular complexity index is 110. The predicted molar refractivity (Wildman–Crippen MR) is 31.5 cm³/mol. The van der Waals surface area contributed by atoms with Crippen LogP contribution in [0.1, 0.15) is 0 Å². The summed E-state index contributed by atoms with van der Waals surface area (Å²) >= 11 is 6.14. The van der Waals surface area contributed by atoms with Crippen molar-refractivity contribution in [1.82, 2.24) is 0 Å². The normalized spacial score (nSPS) is 25.7. The van der Waals surface area contributed by atoms with Crippen LogP contribution < -0.4 is 0 Å². The van der Waals surface area contributed by atoms with E-state index in [2.05, 4.69) is 36.6 Å². The summed E-state index contributed by atoms with van der Waals surface area (Å²) in [7, 11) is 0. The number of ether oxygens (including phenoxy) is 1. The van der Waals surface area contributed by atoms with E-state index in [0.717, 1.165) is 0 Å². The number of cyclic esters (lactones) is 1. The van der Waals surface area contributed by atoms with Gasteiger partial charge in [0.1, 0.15) is 6.61 Å². The van der Waals surface area contributed by atoms with Gasteiger partial charge in [0, 0.05) is 0 Å². The number of hydrogen-bond acceptors (Lipinski definition) is 2. The summed E-state index contributed by atoms with van der Waals surface area (Å²) in [6.07, 6.45) is 0. The van der Waals surface area contributed by atoms with Crippen molar-refractivity contribution < 1.29 is 9.53 Å². The average molecular weight is 230 g/mol. The minimum absolute atomic E-state index is 0.243. The molecule has 0 N–H and O–H groups in total. The maximum absolute atomic E-state index is 10.2. The first-order valence-corrected chi connectivity index (χ1v) is 3.26. The fraction of sp³-hybridized carbons (Fsp3) is 0.667. The molecule has 4 heteroatoms. The number of hydrogen-bond donors (Lipinski definition) is 0. The predicted octanol–water partition coefficient (Wildman–Crippen LogP) is 1.03. The first-order chi connectivity index (χ1) is 3.13. The Balaban J connectivity index is 2.59. The van der Waals surface area contributed by atoms with E-state index in [1.165, 1.54) is 0 Å². The number of esters is 1. The molecule has 1 aliphatic rings. The highest BCUT2D eigenvalue weighted by Crippen LogP contribution is 2.35. The molecule has 1 rings (SSSR count). The molecule has 1 aliphatic heterocycles. The molecule has 0 unspecified atom stereocenters. The first kappa shape index (κ1) is 5.56. The van der Waals surface area contributed by atoms with Gasteiger partial charge in [0.2, 0.25) is 3.23 Å². The molecule has 0 aromatic carbocycles. The minimum atomic E-state index is -0.556. The third-order valence-electron chi connectivity index (χ3n) is 0.683. The summed E-state index contributed by atoms with van der Waals surface area (Å²) < 4.78 is 3.86. The second-order valence-electron chi connectivity index (χ2n) is 1.28. The van der Waals surface area contributed by atoms with Crippen LogP contribution >= 0.6 is 31.9 Å². The zero-order valence-electron chi connectivity index (χ0n) is 3.28. The van der Waals surface area contributed by atoms with Crippen LogP contribution in [0.5, 0.6) is 0 Å². The molecule has 0 aliphatic carbocycles. The lowest BCUT2D eigenvalue weighted by molar-refractivity contribution is -0.157. The molecule has 0 aromatic heterocycles. The molecule has 0 aromatic rings. The monoisotopic (exact) mass is 228 g/mol. The van der Waals surface area contributed by atoms with Crippen LogP contribution in [0.4, 0.5) is 0 Å². The lowest BCUT2D eigenvalue weighted by Crippen LogP contribution is -2.44. The number of carbonyl (C=O) groups excluding carboxylic acids is 1. The summed E-state index contributed by atoms with van der Waals surface area (Å²) in [6.45, 7) is 0.422. The molecular formula is C3H2Br2O2. The van der Waals surface area contributed by atoms with Gasteiger partial charge in [0.15, 0.2) is 0 Å². The number of carbonyl (C=O) groups is 1. The van der Waals surface area contributed by atoms with Crippen molar-refractivity contribution in [2.75, 3.05) is 6.61 Å². The average Bonchev–Trinajstić information content (AvgIpc) is 1.63. The van der Waals surface area contributed by atoms with Crippen LogP contribution in [-0.2, 0) is 9.53 Å². The second-order valence-corrected chi connectivity index (χ2v) is 5.05. The van der Waals surface area contributed by atoms with E-state index in [9.17, 15) is 4.79 Å². The lowest BCUT2D eigenvalue weighted by atomic mass is 10.4. The van der Waals surface area contributed by atoms with Crippen molar-refractivity contribution >= 4 is 37.8 Å². The fourth-order valence-electron chi connectivity index (χ4n) is 0.240. The van der Waals surface area contributed by atoms with E-state index < -0.39 is 3.23 Å². The summed E-state index contributed by atoms with van der Waals surface area (Å²) in [6, 6.07) is 0. The Morgan fingerprint density at radius 2 is 2.14 bits per heavy atom. The van der Waals surface area contributed by atoms with Gasteiger partial charge in [-0.25, -0.2) is 4.79 Å². The highest BCUT2D eigenvalue weighted by Gasteiger charge is 2.44. The molecule has 40 valence electrons. The van der Waals surface area contributed by atoms with Gasteiger partial charge < -0.3 is 4.74 Å². The van der Waals surface area contributed by atoms with Gasteiger partial charge >= 0.3 is 5.97 Å². The van der Waals surface area contributed by atoms with E-state index >= 15 is 0 Å². The van der Waals surface area contributed by atoms with Gasteiger partial charge in [-0.1, -0.05) is 31.9 Å². The van der Waals surface area contributed by atoms with E-state index in [1.807, 2.05) is 0 Å².